The fourth-order valence-corrected chi connectivity index (χ4v) is 2.36. The number of hydrogen-bond donors (Lipinski definition) is 1. The maximum atomic E-state index is 12.6. The molecule has 2 heterocycles. The van der Waals surface area contributed by atoms with Gasteiger partial charge in [0.2, 0.25) is 0 Å². The molecule has 7 heteroatoms. The van der Waals surface area contributed by atoms with Gasteiger partial charge in [0.25, 0.3) is 5.91 Å². The topological polar surface area (TPSA) is 64.2 Å². The van der Waals surface area contributed by atoms with Crippen LogP contribution in [0.4, 0.5) is 4.39 Å². The van der Waals surface area contributed by atoms with Crippen LogP contribution in [0, 0.1) is 0 Å². The molecule has 0 bridgehead atoms. The second-order valence-electron chi connectivity index (χ2n) is 6.04. The standard InChI is InChI=1S/C14H21FN4O.ClH/c1-14(2,3)19-5-4-12-11(13(19)20)9-18(17-12)8-10(6-15)7-16;/h6,9H,4-5,7-8,16H2,1-3H3;1H/b10-6+;. The lowest BCUT2D eigenvalue weighted by Gasteiger charge is -2.37. The molecule has 1 aliphatic heterocycles. The summed E-state index contributed by atoms with van der Waals surface area (Å²) in [5.41, 5.74) is 7.07. The zero-order chi connectivity index (χ0) is 14.9. The number of carbonyl (C=O) groups excluding carboxylic acids is 1. The van der Waals surface area contributed by atoms with Crippen LogP contribution in [0.25, 0.3) is 0 Å². The molecular formula is C14H22ClFN4O. The lowest BCUT2D eigenvalue weighted by molar-refractivity contribution is 0.0561. The first kappa shape index (κ1) is 17.7. The van der Waals surface area contributed by atoms with Crippen molar-refractivity contribution in [2.45, 2.75) is 39.3 Å². The Hall–Kier alpha value is -1.40. The Labute approximate surface area is 130 Å². The van der Waals surface area contributed by atoms with Crippen molar-refractivity contribution in [3.8, 4) is 0 Å². The Balaban J connectivity index is 0.00000220. The van der Waals surface area contributed by atoms with Crippen molar-refractivity contribution in [1.82, 2.24) is 14.7 Å². The number of amides is 1. The molecule has 118 valence electrons. The van der Waals surface area contributed by atoms with E-state index in [0.29, 0.717) is 24.0 Å². The average molecular weight is 317 g/mol. The van der Waals surface area contributed by atoms with Gasteiger partial charge in [0, 0.05) is 31.2 Å². The lowest BCUT2D eigenvalue weighted by Crippen LogP contribution is -2.49. The first-order valence-electron chi connectivity index (χ1n) is 6.73. The zero-order valence-electron chi connectivity index (χ0n) is 12.6. The third kappa shape index (κ3) is 3.63. The molecule has 5 nitrogen and oxygen atoms in total. The molecule has 21 heavy (non-hydrogen) atoms. The Morgan fingerprint density at radius 2 is 2.19 bits per heavy atom. The number of fused-ring (bicyclic) bond motifs is 1. The van der Waals surface area contributed by atoms with Gasteiger partial charge >= 0.3 is 0 Å². The Morgan fingerprint density at radius 1 is 1.52 bits per heavy atom. The van der Waals surface area contributed by atoms with Crippen LogP contribution < -0.4 is 5.73 Å². The predicted molar refractivity (Wildman–Crippen MR) is 82.2 cm³/mol. The first-order chi connectivity index (χ1) is 9.36. The molecule has 0 spiro atoms. The monoisotopic (exact) mass is 316 g/mol. The van der Waals surface area contributed by atoms with Crippen molar-refractivity contribution in [1.29, 1.82) is 0 Å². The van der Waals surface area contributed by atoms with Crippen molar-refractivity contribution in [3.63, 3.8) is 0 Å². The molecule has 0 fully saturated rings. The molecule has 0 unspecified atom stereocenters. The first-order valence-corrected chi connectivity index (χ1v) is 6.73. The fourth-order valence-electron chi connectivity index (χ4n) is 2.36. The molecule has 0 aromatic carbocycles. The molecule has 1 amide bonds. The van der Waals surface area contributed by atoms with E-state index in [4.69, 9.17) is 5.73 Å². The molecule has 0 atom stereocenters. The molecule has 1 aromatic heterocycles. The summed E-state index contributed by atoms with van der Waals surface area (Å²) in [6, 6.07) is 0. The van der Waals surface area contributed by atoms with Gasteiger partial charge in [-0.2, -0.15) is 5.10 Å². The summed E-state index contributed by atoms with van der Waals surface area (Å²) in [6.07, 6.45) is 2.92. The molecule has 1 aliphatic rings. The number of hydrogen-bond acceptors (Lipinski definition) is 3. The molecule has 0 saturated carbocycles. The number of nitrogens with two attached hydrogens (primary N) is 1. The van der Waals surface area contributed by atoms with E-state index in [-0.39, 0.29) is 36.9 Å². The van der Waals surface area contributed by atoms with Gasteiger partial charge in [-0.3, -0.25) is 9.48 Å². The Bertz CT molecular complexity index is 548. The molecule has 2 rings (SSSR count). The minimum absolute atomic E-state index is 0. The molecule has 0 saturated heterocycles. The maximum absolute atomic E-state index is 12.6. The van der Waals surface area contributed by atoms with Crippen LogP contribution in [-0.2, 0) is 13.0 Å². The second kappa shape index (κ2) is 6.58. The van der Waals surface area contributed by atoms with Gasteiger partial charge in [0.15, 0.2) is 0 Å². The van der Waals surface area contributed by atoms with E-state index in [1.54, 1.807) is 10.9 Å². The van der Waals surface area contributed by atoms with Crippen LogP contribution in [0.2, 0.25) is 0 Å². The number of rotatable bonds is 3. The van der Waals surface area contributed by atoms with Crippen LogP contribution in [0.15, 0.2) is 18.1 Å². The van der Waals surface area contributed by atoms with E-state index in [1.165, 1.54) is 0 Å². The SMILES string of the molecule is CC(C)(C)N1CCc2nn(C/C(=C/F)CN)cc2C1=O.Cl. The zero-order valence-corrected chi connectivity index (χ0v) is 13.4. The second-order valence-corrected chi connectivity index (χ2v) is 6.04. The maximum Gasteiger partial charge on any atom is 0.257 e. The molecule has 0 aliphatic carbocycles. The summed E-state index contributed by atoms with van der Waals surface area (Å²) in [5, 5.41) is 4.36. The van der Waals surface area contributed by atoms with Crippen molar-refractivity contribution >= 4 is 18.3 Å². The van der Waals surface area contributed by atoms with Gasteiger partial charge in [-0.25, -0.2) is 4.39 Å². The molecule has 1 aromatic rings. The van der Waals surface area contributed by atoms with E-state index in [2.05, 4.69) is 5.10 Å². The molecule has 2 N–H and O–H groups in total. The van der Waals surface area contributed by atoms with E-state index < -0.39 is 0 Å². The van der Waals surface area contributed by atoms with Crippen molar-refractivity contribution < 1.29 is 9.18 Å². The third-order valence-corrected chi connectivity index (χ3v) is 3.48. The van der Waals surface area contributed by atoms with Gasteiger partial charge in [0.1, 0.15) is 0 Å². The van der Waals surface area contributed by atoms with Crippen LogP contribution >= 0.6 is 12.4 Å². The van der Waals surface area contributed by atoms with Gasteiger partial charge < -0.3 is 10.6 Å². The van der Waals surface area contributed by atoms with E-state index >= 15 is 0 Å². The van der Waals surface area contributed by atoms with Crippen molar-refractivity contribution in [2.75, 3.05) is 13.1 Å². The Morgan fingerprint density at radius 3 is 2.71 bits per heavy atom. The largest absolute Gasteiger partial charge is 0.333 e. The Kier molecular flexibility index (Phi) is 5.53. The van der Waals surface area contributed by atoms with Crippen LogP contribution in [0.1, 0.15) is 36.8 Å². The van der Waals surface area contributed by atoms with Gasteiger partial charge in [-0.15, -0.1) is 12.4 Å². The van der Waals surface area contributed by atoms with Crippen LogP contribution in [0.5, 0.6) is 0 Å². The number of carbonyl (C=O) groups is 1. The molecular weight excluding hydrogens is 295 g/mol. The van der Waals surface area contributed by atoms with Crippen molar-refractivity contribution in [2.24, 2.45) is 5.73 Å². The highest BCUT2D eigenvalue weighted by Crippen LogP contribution is 2.24. The number of halogens is 2. The summed E-state index contributed by atoms with van der Waals surface area (Å²) in [6.45, 7) is 7.12. The third-order valence-electron chi connectivity index (χ3n) is 3.48. The van der Waals surface area contributed by atoms with Crippen molar-refractivity contribution in [3.05, 3.63) is 29.4 Å². The lowest BCUT2D eigenvalue weighted by atomic mass is 9.99. The summed E-state index contributed by atoms with van der Waals surface area (Å²) >= 11 is 0. The van der Waals surface area contributed by atoms with Gasteiger partial charge in [-0.05, 0) is 26.3 Å². The highest BCUT2D eigenvalue weighted by atomic mass is 35.5. The summed E-state index contributed by atoms with van der Waals surface area (Å²) in [5.74, 6) is -0.0106. The highest BCUT2D eigenvalue weighted by molar-refractivity contribution is 5.96. The predicted octanol–water partition coefficient (Wildman–Crippen LogP) is 1.91. The summed E-state index contributed by atoms with van der Waals surface area (Å²) < 4.78 is 14.2. The normalized spacial score (nSPS) is 15.8. The van der Waals surface area contributed by atoms with E-state index in [9.17, 15) is 9.18 Å². The van der Waals surface area contributed by atoms with Crippen LogP contribution in [0.3, 0.4) is 0 Å². The van der Waals surface area contributed by atoms with Crippen LogP contribution in [-0.4, -0.2) is 39.2 Å². The minimum Gasteiger partial charge on any atom is -0.333 e. The van der Waals surface area contributed by atoms with Gasteiger partial charge in [0.05, 0.1) is 24.1 Å². The smallest absolute Gasteiger partial charge is 0.257 e. The fraction of sp³-hybridized carbons (Fsp3) is 0.571. The van der Waals surface area contributed by atoms with Gasteiger partial charge in [-0.1, -0.05) is 0 Å². The van der Waals surface area contributed by atoms with E-state index in [0.717, 1.165) is 12.1 Å². The number of aromatic nitrogens is 2. The number of nitrogens with zero attached hydrogens (tertiary/aromatic N) is 3. The quantitative estimate of drug-likeness (QED) is 0.926. The minimum atomic E-state index is -0.210. The highest BCUT2D eigenvalue weighted by Gasteiger charge is 2.33. The summed E-state index contributed by atoms with van der Waals surface area (Å²) in [7, 11) is 0. The molecule has 0 radical (unpaired) electrons. The summed E-state index contributed by atoms with van der Waals surface area (Å²) in [4.78, 5) is 14.3. The average Bonchev–Trinajstić information content (AvgIpc) is 2.78. The van der Waals surface area contributed by atoms with E-state index in [1.807, 2.05) is 25.7 Å².